The molecule has 0 saturated heterocycles. The third-order valence-electron chi connectivity index (χ3n) is 2.06. The first-order valence-electron chi connectivity index (χ1n) is 4.40. The molecule has 0 spiro atoms. The molecule has 0 bridgehead atoms. The number of rotatable bonds is 4. The van der Waals surface area contributed by atoms with Gasteiger partial charge in [0.15, 0.2) is 0 Å². The van der Waals surface area contributed by atoms with Crippen LogP contribution >= 0.6 is 12.4 Å². The lowest BCUT2D eigenvalue weighted by atomic mass is 10.1. The Hall–Kier alpha value is -0.970. The van der Waals surface area contributed by atoms with Crippen molar-refractivity contribution < 1.29 is 9.47 Å². The first kappa shape index (κ1) is 14.0. The van der Waals surface area contributed by atoms with Gasteiger partial charge >= 0.3 is 0 Å². The predicted octanol–water partition coefficient (Wildman–Crippen LogP) is 1.08. The van der Waals surface area contributed by atoms with Crippen molar-refractivity contribution in [3.63, 3.8) is 0 Å². The Kier molecular flexibility index (Phi) is 6.08. The van der Waals surface area contributed by atoms with Gasteiger partial charge in [-0.2, -0.15) is 0 Å². The van der Waals surface area contributed by atoms with E-state index in [2.05, 4.69) is 0 Å². The molecular weight excluding hydrogens is 216 g/mol. The van der Waals surface area contributed by atoms with Crippen molar-refractivity contribution in [2.24, 2.45) is 11.5 Å². The zero-order valence-electron chi connectivity index (χ0n) is 8.90. The fourth-order valence-electron chi connectivity index (χ4n) is 1.18. The van der Waals surface area contributed by atoms with Crippen molar-refractivity contribution in [2.75, 3.05) is 20.8 Å². The van der Waals surface area contributed by atoms with E-state index in [4.69, 9.17) is 20.9 Å². The predicted molar refractivity (Wildman–Crippen MR) is 62.8 cm³/mol. The van der Waals surface area contributed by atoms with Crippen molar-refractivity contribution in [3.05, 3.63) is 23.8 Å². The maximum Gasteiger partial charge on any atom is 0.122 e. The Labute approximate surface area is 96.0 Å². The number of hydrogen-bond acceptors (Lipinski definition) is 4. The van der Waals surface area contributed by atoms with Crippen LogP contribution in [0.3, 0.4) is 0 Å². The number of methoxy groups -OCH3 is 2. The summed E-state index contributed by atoms with van der Waals surface area (Å²) < 4.78 is 10.2. The van der Waals surface area contributed by atoms with Crippen molar-refractivity contribution >= 4 is 12.4 Å². The van der Waals surface area contributed by atoms with E-state index in [0.29, 0.717) is 6.54 Å². The fourth-order valence-corrected chi connectivity index (χ4v) is 1.18. The lowest BCUT2D eigenvalue weighted by Gasteiger charge is -2.12. The summed E-state index contributed by atoms with van der Waals surface area (Å²) >= 11 is 0. The number of benzene rings is 1. The molecule has 1 atom stereocenters. The second-order valence-electron chi connectivity index (χ2n) is 2.99. The number of nitrogens with two attached hydrogens (primary N) is 2. The minimum Gasteiger partial charge on any atom is -0.497 e. The average molecular weight is 233 g/mol. The summed E-state index contributed by atoms with van der Waals surface area (Å²) in [5, 5.41) is 0. The third kappa shape index (κ3) is 3.58. The lowest BCUT2D eigenvalue weighted by molar-refractivity contribution is 0.392. The van der Waals surface area contributed by atoms with Gasteiger partial charge in [-0.25, -0.2) is 0 Å². The first-order valence-corrected chi connectivity index (χ1v) is 4.40. The van der Waals surface area contributed by atoms with E-state index in [1.807, 2.05) is 12.1 Å². The molecule has 0 aliphatic heterocycles. The highest BCUT2D eigenvalue weighted by atomic mass is 35.5. The first-order chi connectivity index (χ1) is 6.71. The minimum atomic E-state index is -0.181. The molecule has 4 N–H and O–H groups in total. The van der Waals surface area contributed by atoms with Crippen LogP contribution in [0.2, 0.25) is 0 Å². The van der Waals surface area contributed by atoms with Gasteiger partial charge in [0.05, 0.1) is 14.2 Å². The Morgan fingerprint density at radius 3 is 1.93 bits per heavy atom. The van der Waals surface area contributed by atoms with E-state index in [1.165, 1.54) is 0 Å². The van der Waals surface area contributed by atoms with Crippen molar-refractivity contribution in [1.29, 1.82) is 0 Å². The Bertz CT molecular complexity index is 285. The third-order valence-corrected chi connectivity index (χ3v) is 2.06. The monoisotopic (exact) mass is 232 g/mol. The van der Waals surface area contributed by atoms with Crippen LogP contribution in [0.5, 0.6) is 11.5 Å². The summed E-state index contributed by atoms with van der Waals surface area (Å²) in [6, 6.07) is 5.34. The van der Waals surface area contributed by atoms with Crippen molar-refractivity contribution in [2.45, 2.75) is 6.04 Å². The Balaban J connectivity index is 0.00000196. The largest absolute Gasteiger partial charge is 0.497 e. The molecule has 0 aliphatic carbocycles. The zero-order chi connectivity index (χ0) is 10.6. The normalized spacial score (nSPS) is 11.5. The molecule has 86 valence electrons. The van der Waals surface area contributed by atoms with Crippen LogP contribution in [0.25, 0.3) is 0 Å². The molecule has 5 heteroatoms. The summed E-state index contributed by atoms with van der Waals surface area (Å²) in [5.74, 6) is 1.45. The molecule has 0 aliphatic rings. The Morgan fingerprint density at radius 1 is 1.13 bits per heavy atom. The van der Waals surface area contributed by atoms with E-state index in [-0.39, 0.29) is 18.4 Å². The van der Waals surface area contributed by atoms with Crippen LogP contribution in [0.1, 0.15) is 11.6 Å². The molecule has 0 unspecified atom stereocenters. The highest BCUT2D eigenvalue weighted by molar-refractivity contribution is 5.85. The maximum atomic E-state index is 5.81. The van der Waals surface area contributed by atoms with E-state index in [1.54, 1.807) is 20.3 Å². The number of ether oxygens (including phenoxy) is 2. The molecule has 0 amide bonds. The van der Waals surface area contributed by atoms with Gasteiger partial charge < -0.3 is 20.9 Å². The van der Waals surface area contributed by atoms with Crippen LogP contribution < -0.4 is 20.9 Å². The van der Waals surface area contributed by atoms with Gasteiger partial charge in [0.2, 0.25) is 0 Å². The standard InChI is InChI=1S/C10H16N2O2.ClH/c1-13-8-3-7(10(12)6-11)4-9(5-8)14-2;/h3-5,10H,6,11-12H2,1-2H3;1H/t10-;/m1./s1. The van der Waals surface area contributed by atoms with Gasteiger partial charge in [-0.05, 0) is 17.7 Å². The lowest BCUT2D eigenvalue weighted by Crippen LogP contribution is -2.20. The second-order valence-corrected chi connectivity index (χ2v) is 2.99. The van der Waals surface area contributed by atoms with Crippen LogP contribution in [-0.2, 0) is 0 Å². The zero-order valence-corrected chi connectivity index (χ0v) is 9.71. The highest BCUT2D eigenvalue weighted by Crippen LogP contribution is 2.24. The highest BCUT2D eigenvalue weighted by Gasteiger charge is 2.07. The minimum absolute atomic E-state index is 0. The van der Waals surface area contributed by atoms with Crippen LogP contribution in [0.15, 0.2) is 18.2 Å². The molecule has 1 aromatic carbocycles. The molecule has 15 heavy (non-hydrogen) atoms. The molecule has 0 heterocycles. The molecule has 1 rings (SSSR count). The fraction of sp³-hybridized carbons (Fsp3) is 0.400. The Morgan fingerprint density at radius 2 is 1.60 bits per heavy atom. The van der Waals surface area contributed by atoms with Crippen LogP contribution in [0.4, 0.5) is 0 Å². The summed E-state index contributed by atoms with van der Waals surface area (Å²) in [6.07, 6.45) is 0. The smallest absolute Gasteiger partial charge is 0.122 e. The summed E-state index contributed by atoms with van der Waals surface area (Å²) in [6.45, 7) is 0.399. The summed E-state index contributed by atoms with van der Waals surface area (Å²) in [7, 11) is 3.21. The van der Waals surface area contributed by atoms with Gasteiger partial charge in [-0.1, -0.05) is 0 Å². The molecule has 1 aromatic rings. The van der Waals surface area contributed by atoms with Gasteiger partial charge in [0, 0.05) is 18.7 Å². The number of hydrogen-bond donors (Lipinski definition) is 2. The van der Waals surface area contributed by atoms with Crippen molar-refractivity contribution in [3.8, 4) is 11.5 Å². The quantitative estimate of drug-likeness (QED) is 0.815. The van der Waals surface area contributed by atoms with Gasteiger partial charge in [-0.15, -0.1) is 12.4 Å². The van der Waals surface area contributed by atoms with Crippen LogP contribution in [0, 0.1) is 0 Å². The van der Waals surface area contributed by atoms with Gasteiger partial charge in [-0.3, -0.25) is 0 Å². The van der Waals surface area contributed by atoms with Gasteiger partial charge in [0.25, 0.3) is 0 Å². The number of halogens is 1. The topological polar surface area (TPSA) is 70.5 Å². The maximum absolute atomic E-state index is 5.81. The average Bonchev–Trinajstić information content (AvgIpc) is 2.27. The van der Waals surface area contributed by atoms with E-state index in [9.17, 15) is 0 Å². The van der Waals surface area contributed by atoms with E-state index < -0.39 is 0 Å². The molecule has 0 aromatic heterocycles. The second kappa shape index (κ2) is 6.50. The SMILES string of the molecule is COc1cc(OC)cc([C@H](N)CN)c1.Cl. The molecule has 4 nitrogen and oxygen atoms in total. The molecule has 0 fully saturated rings. The molecule has 0 saturated carbocycles. The summed E-state index contributed by atoms with van der Waals surface area (Å²) in [5.41, 5.74) is 12.2. The van der Waals surface area contributed by atoms with Gasteiger partial charge in [0.1, 0.15) is 11.5 Å². The molecule has 0 radical (unpaired) electrons. The molecular formula is C10H17ClN2O2. The summed E-state index contributed by atoms with van der Waals surface area (Å²) in [4.78, 5) is 0. The van der Waals surface area contributed by atoms with E-state index in [0.717, 1.165) is 17.1 Å². The van der Waals surface area contributed by atoms with Crippen molar-refractivity contribution in [1.82, 2.24) is 0 Å². The van der Waals surface area contributed by atoms with Crippen LogP contribution in [-0.4, -0.2) is 20.8 Å². The van der Waals surface area contributed by atoms with E-state index >= 15 is 0 Å².